The molecule has 3 aromatic carbocycles. The Morgan fingerprint density at radius 1 is 1.03 bits per heavy atom. The zero-order valence-corrected chi connectivity index (χ0v) is 16.7. The highest BCUT2D eigenvalue weighted by molar-refractivity contribution is 6.31. The summed E-state index contributed by atoms with van der Waals surface area (Å²) in [5.74, 6) is -0.175. The van der Waals surface area contributed by atoms with Crippen LogP contribution in [0.15, 0.2) is 60.7 Å². The van der Waals surface area contributed by atoms with E-state index in [9.17, 15) is 9.59 Å². The summed E-state index contributed by atoms with van der Waals surface area (Å²) in [6.07, 6.45) is -1.02. The van der Waals surface area contributed by atoms with Crippen molar-refractivity contribution in [2.24, 2.45) is 0 Å². The maximum atomic E-state index is 12.3. The van der Waals surface area contributed by atoms with E-state index in [1.165, 1.54) is 14.0 Å². The lowest BCUT2D eigenvalue weighted by Gasteiger charge is -2.15. The predicted octanol–water partition coefficient (Wildman–Crippen LogP) is 4.45. The van der Waals surface area contributed by atoms with Gasteiger partial charge < -0.3 is 19.5 Å². The third kappa shape index (κ3) is 5.39. The molecule has 7 heteroatoms. The number of methoxy groups -OCH3 is 1. The number of anilines is 1. The molecule has 0 heterocycles. The lowest BCUT2D eigenvalue weighted by atomic mass is 10.1. The van der Waals surface area contributed by atoms with Crippen LogP contribution in [0.1, 0.15) is 6.92 Å². The maximum Gasteiger partial charge on any atom is 0.344 e. The number of ether oxygens (including phenoxy) is 3. The molecule has 0 spiro atoms. The van der Waals surface area contributed by atoms with Crippen LogP contribution in [0.25, 0.3) is 10.8 Å². The van der Waals surface area contributed by atoms with E-state index in [1.807, 2.05) is 36.4 Å². The summed E-state index contributed by atoms with van der Waals surface area (Å²) in [6, 6.07) is 18.2. The van der Waals surface area contributed by atoms with Crippen molar-refractivity contribution in [1.82, 2.24) is 0 Å². The van der Waals surface area contributed by atoms with Crippen LogP contribution in [0, 0.1) is 0 Å². The first-order chi connectivity index (χ1) is 14.0. The highest BCUT2D eigenvalue weighted by atomic mass is 35.5. The van der Waals surface area contributed by atoms with Gasteiger partial charge in [-0.2, -0.15) is 0 Å². The number of benzene rings is 3. The Morgan fingerprint density at radius 3 is 2.55 bits per heavy atom. The van der Waals surface area contributed by atoms with Gasteiger partial charge in [-0.25, -0.2) is 4.79 Å². The molecular weight excluding hydrogens is 394 g/mol. The number of hydrogen-bond donors (Lipinski definition) is 1. The van der Waals surface area contributed by atoms with E-state index in [2.05, 4.69) is 5.32 Å². The highest BCUT2D eigenvalue weighted by Gasteiger charge is 2.20. The van der Waals surface area contributed by atoms with Crippen LogP contribution >= 0.6 is 11.6 Å². The van der Waals surface area contributed by atoms with Crippen molar-refractivity contribution >= 4 is 39.9 Å². The summed E-state index contributed by atoms with van der Waals surface area (Å²) >= 11 is 5.95. The summed E-state index contributed by atoms with van der Waals surface area (Å²) in [7, 11) is 1.48. The molecule has 0 fully saturated rings. The molecule has 1 atom stereocenters. The number of esters is 1. The molecule has 29 heavy (non-hydrogen) atoms. The van der Waals surface area contributed by atoms with E-state index in [0.717, 1.165) is 10.8 Å². The first-order valence-corrected chi connectivity index (χ1v) is 9.29. The molecule has 3 aromatic rings. The minimum Gasteiger partial charge on any atom is -0.495 e. The fraction of sp³-hybridized carbons (Fsp3) is 0.182. The minimum absolute atomic E-state index is 0.309. The monoisotopic (exact) mass is 413 g/mol. The molecule has 1 amide bonds. The molecule has 0 aliphatic heterocycles. The van der Waals surface area contributed by atoms with E-state index >= 15 is 0 Å². The largest absolute Gasteiger partial charge is 0.495 e. The summed E-state index contributed by atoms with van der Waals surface area (Å²) in [5, 5.41) is 5.15. The van der Waals surface area contributed by atoms with Gasteiger partial charge in [-0.3, -0.25) is 4.79 Å². The molecule has 0 radical (unpaired) electrons. The smallest absolute Gasteiger partial charge is 0.344 e. The number of hydrogen-bond acceptors (Lipinski definition) is 5. The SMILES string of the molecule is COc1ccc(Cl)cc1NC(=O)[C@H](C)OC(=O)COc1ccc2ccccc2c1. The van der Waals surface area contributed by atoms with Crippen molar-refractivity contribution in [1.29, 1.82) is 0 Å². The van der Waals surface area contributed by atoms with Gasteiger partial charge in [0.05, 0.1) is 12.8 Å². The fourth-order valence-corrected chi connectivity index (χ4v) is 2.87. The Bertz CT molecular complexity index is 1040. The zero-order chi connectivity index (χ0) is 20.8. The van der Waals surface area contributed by atoms with Crippen LogP contribution in [-0.2, 0) is 14.3 Å². The molecule has 150 valence electrons. The van der Waals surface area contributed by atoms with Crippen LogP contribution in [0.3, 0.4) is 0 Å². The molecular formula is C22H20ClNO5. The normalized spacial score (nSPS) is 11.6. The molecule has 0 aliphatic carbocycles. The average Bonchev–Trinajstić information content (AvgIpc) is 2.72. The van der Waals surface area contributed by atoms with Crippen LogP contribution in [-0.4, -0.2) is 31.7 Å². The van der Waals surface area contributed by atoms with Gasteiger partial charge in [0.2, 0.25) is 0 Å². The van der Waals surface area contributed by atoms with E-state index in [1.54, 1.807) is 24.3 Å². The Kier molecular flexibility index (Phi) is 6.57. The van der Waals surface area contributed by atoms with Crippen LogP contribution in [0.5, 0.6) is 11.5 Å². The number of nitrogens with one attached hydrogen (secondary N) is 1. The van der Waals surface area contributed by atoms with Gasteiger partial charge in [0, 0.05) is 5.02 Å². The number of rotatable bonds is 7. The first-order valence-electron chi connectivity index (χ1n) is 8.92. The first kappa shape index (κ1) is 20.5. The zero-order valence-electron chi connectivity index (χ0n) is 16.0. The second-order valence-electron chi connectivity index (χ2n) is 6.26. The standard InChI is InChI=1S/C22H20ClNO5/c1-14(22(26)24-19-12-17(23)8-10-20(19)27-2)29-21(25)13-28-18-9-7-15-5-3-4-6-16(15)11-18/h3-12,14H,13H2,1-2H3,(H,24,26)/t14-/m0/s1. The van der Waals surface area contributed by atoms with Crippen LogP contribution in [0.2, 0.25) is 5.02 Å². The van der Waals surface area contributed by atoms with Gasteiger partial charge >= 0.3 is 5.97 Å². The van der Waals surface area contributed by atoms with Crippen molar-refractivity contribution < 1.29 is 23.8 Å². The van der Waals surface area contributed by atoms with E-state index in [0.29, 0.717) is 22.2 Å². The Balaban J connectivity index is 1.54. The number of carbonyl (C=O) groups excluding carboxylic acids is 2. The third-order valence-corrected chi connectivity index (χ3v) is 4.41. The fourth-order valence-electron chi connectivity index (χ4n) is 2.70. The van der Waals surface area contributed by atoms with E-state index in [-0.39, 0.29) is 6.61 Å². The van der Waals surface area contributed by atoms with Gasteiger partial charge in [0.1, 0.15) is 11.5 Å². The van der Waals surface area contributed by atoms with Crippen molar-refractivity contribution in [3.8, 4) is 11.5 Å². The summed E-state index contributed by atoms with van der Waals surface area (Å²) in [6.45, 7) is 1.16. The molecule has 0 unspecified atom stereocenters. The van der Waals surface area contributed by atoms with Gasteiger partial charge in [0.15, 0.2) is 12.7 Å². The molecule has 6 nitrogen and oxygen atoms in total. The van der Waals surface area contributed by atoms with Crippen LogP contribution in [0.4, 0.5) is 5.69 Å². The number of carbonyl (C=O) groups is 2. The molecule has 0 aromatic heterocycles. The van der Waals surface area contributed by atoms with E-state index < -0.39 is 18.0 Å². The number of fused-ring (bicyclic) bond motifs is 1. The topological polar surface area (TPSA) is 73.9 Å². The highest BCUT2D eigenvalue weighted by Crippen LogP contribution is 2.28. The Morgan fingerprint density at radius 2 is 1.79 bits per heavy atom. The van der Waals surface area contributed by atoms with Crippen molar-refractivity contribution in [2.45, 2.75) is 13.0 Å². The third-order valence-electron chi connectivity index (χ3n) is 4.17. The van der Waals surface area contributed by atoms with Crippen molar-refractivity contribution in [3.05, 3.63) is 65.7 Å². The second-order valence-corrected chi connectivity index (χ2v) is 6.70. The number of halogens is 1. The van der Waals surface area contributed by atoms with Crippen molar-refractivity contribution in [3.63, 3.8) is 0 Å². The molecule has 0 saturated carbocycles. The molecule has 0 aliphatic rings. The maximum absolute atomic E-state index is 12.3. The van der Waals surface area contributed by atoms with Gasteiger partial charge in [-0.15, -0.1) is 0 Å². The second kappa shape index (κ2) is 9.30. The lowest BCUT2D eigenvalue weighted by Crippen LogP contribution is -2.31. The molecule has 0 bridgehead atoms. The molecule has 3 rings (SSSR count). The van der Waals surface area contributed by atoms with E-state index in [4.69, 9.17) is 25.8 Å². The lowest BCUT2D eigenvalue weighted by molar-refractivity contribution is -0.155. The Labute approximate surface area is 173 Å². The summed E-state index contributed by atoms with van der Waals surface area (Å²) in [4.78, 5) is 24.4. The van der Waals surface area contributed by atoms with Crippen LogP contribution < -0.4 is 14.8 Å². The van der Waals surface area contributed by atoms with Gasteiger partial charge in [-0.05, 0) is 48.0 Å². The molecule has 1 N–H and O–H groups in total. The van der Waals surface area contributed by atoms with Gasteiger partial charge in [0.25, 0.3) is 5.91 Å². The minimum atomic E-state index is -1.02. The quantitative estimate of drug-likeness (QED) is 0.579. The molecule has 0 saturated heterocycles. The Hall–Kier alpha value is -3.25. The summed E-state index contributed by atoms with van der Waals surface area (Å²) < 4.78 is 15.8. The van der Waals surface area contributed by atoms with Crippen molar-refractivity contribution in [2.75, 3.05) is 19.0 Å². The number of amides is 1. The predicted molar refractivity (Wildman–Crippen MR) is 112 cm³/mol. The van der Waals surface area contributed by atoms with Gasteiger partial charge in [-0.1, -0.05) is 41.9 Å². The average molecular weight is 414 g/mol. The summed E-state index contributed by atoms with van der Waals surface area (Å²) in [5.41, 5.74) is 0.389.